The first-order valence-corrected chi connectivity index (χ1v) is 12.5. The lowest BCUT2D eigenvalue weighted by Gasteiger charge is -2.20. The van der Waals surface area contributed by atoms with E-state index in [0.717, 1.165) is 34.6 Å². The number of aromatic amines is 1. The van der Waals surface area contributed by atoms with Crippen LogP contribution in [0.1, 0.15) is 53.8 Å². The minimum absolute atomic E-state index is 0.192. The van der Waals surface area contributed by atoms with E-state index in [0.29, 0.717) is 39.8 Å². The van der Waals surface area contributed by atoms with Crippen LogP contribution in [-0.2, 0) is 28.9 Å². The molecular formula is C25H31N4O4S+. The number of carbonyl (C=O) groups is 2. The van der Waals surface area contributed by atoms with E-state index in [-0.39, 0.29) is 24.0 Å². The first-order chi connectivity index (χ1) is 16.3. The molecule has 34 heavy (non-hydrogen) atoms. The van der Waals surface area contributed by atoms with Crippen molar-refractivity contribution in [3.8, 4) is 0 Å². The van der Waals surface area contributed by atoms with E-state index in [9.17, 15) is 14.4 Å². The van der Waals surface area contributed by atoms with Gasteiger partial charge >= 0.3 is 5.97 Å². The average molecular weight is 484 g/mol. The van der Waals surface area contributed by atoms with Crippen LogP contribution in [0.15, 0.2) is 29.1 Å². The number of fused-ring (bicyclic) bond motifs is 2. The van der Waals surface area contributed by atoms with Gasteiger partial charge < -0.3 is 19.9 Å². The molecule has 1 unspecified atom stereocenters. The smallest absolute Gasteiger partial charge is 0.341 e. The van der Waals surface area contributed by atoms with Crippen molar-refractivity contribution in [3.63, 3.8) is 0 Å². The summed E-state index contributed by atoms with van der Waals surface area (Å²) in [7, 11) is 1.88. The molecule has 0 radical (unpaired) electrons. The van der Waals surface area contributed by atoms with Crippen molar-refractivity contribution < 1.29 is 19.2 Å². The summed E-state index contributed by atoms with van der Waals surface area (Å²) >= 11 is 1.48. The Morgan fingerprint density at radius 3 is 2.88 bits per heavy atom. The van der Waals surface area contributed by atoms with Crippen molar-refractivity contribution >= 4 is 39.1 Å². The highest BCUT2D eigenvalue weighted by atomic mass is 32.1. The molecule has 1 amide bonds. The zero-order valence-corrected chi connectivity index (χ0v) is 20.8. The van der Waals surface area contributed by atoms with E-state index in [1.807, 2.05) is 20.0 Å². The Balaban J connectivity index is 1.52. The maximum absolute atomic E-state index is 13.2. The fourth-order valence-corrected chi connectivity index (χ4v) is 5.74. The van der Waals surface area contributed by atoms with Gasteiger partial charge in [0.05, 0.1) is 30.1 Å². The number of para-hydroxylation sites is 1. The summed E-state index contributed by atoms with van der Waals surface area (Å²) in [5, 5.41) is 4.10. The molecule has 0 aliphatic heterocycles. The minimum Gasteiger partial charge on any atom is -0.462 e. The van der Waals surface area contributed by atoms with Gasteiger partial charge in [0.2, 0.25) is 0 Å². The Labute approximate surface area is 202 Å². The molecule has 0 saturated heterocycles. The molecule has 4 rings (SSSR count). The maximum Gasteiger partial charge on any atom is 0.341 e. The maximum atomic E-state index is 13.2. The van der Waals surface area contributed by atoms with Gasteiger partial charge in [-0.1, -0.05) is 19.1 Å². The molecule has 0 saturated carbocycles. The summed E-state index contributed by atoms with van der Waals surface area (Å²) in [6.07, 6.45) is 2.74. The van der Waals surface area contributed by atoms with Crippen LogP contribution in [0, 0.1) is 5.92 Å². The molecule has 2 aromatic heterocycles. The monoisotopic (exact) mass is 483 g/mol. The number of nitrogens with zero attached hydrogens (tertiary/aromatic N) is 1. The third-order valence-electron chi connectivity index (χ3n) is 6.47. The van der Waals surface area contributed by atoms with Crippen LogP contribution in [0.5, 0.6) is 0 Å². The number of ether oxygens (including phenoxy) is 1. The first-order valence-electron chi connectivity index (χ1n) is 11.7. The fraction of sp³-hybridized carbons (Fsp3) is 0.440. The molecule has 1 aliphatic carbocycles. The standard InChI is InChI=1S/C25H30N4O4S/c1-5-33-25(32)21-17-11-10-14(2)12-19(17)34-24(21)28-22(30)15(3)29(4)13-20-26-18-9-7-6-8-16(18)23(31)27-20/h6-9,14-15H,5,10-13H2,1-4H3,(H,28,30)(H,26,27,31)/p+1/t14-,15+/m1/s1. The molecule has 2 heterocycles. The van der Waals surface area contributed by atoms with Gasteiger partial charge in [0.15, 0.2) is 11.9 Å². The van der Waals surface area contributed by atoms with E-state index in [2.05, 4.69) is 22.2 Å². The summed E-state index contributed by atoms with van der Waals surface area (Å²) in [6.45, 7) is 6.47. The molecular weight excluding hydrogens is 452 g/mol. The second-order valence-corrected chi connectivity index (χ2v) is 10.1. The highest BCUT2D eigenvalue weighted by Crippen LogP contribution is 2.40. The summed E-state index contributed by atoms with van der Waals surface area (Å²) in [6, 6.07) is 6.74. The lowest BCUT2D eigenvalue weighted by molar-refractivity contribution is -0.908. The van der Waals surface area contributed by atoms with Crippen LogP contribution in [0.3, 0.4) is 0 Å². The van der Waals surface area contributed by atoms with Crippen molar-refractivity contribution in [1.29, 1.82) is 0 Å². The molecule has 0 spiro atoms. The molecule has 1 aromatic carbocycles. The Morgan fingerprint density at radius 2 is 2.12 bits per heavy atom. The molecule has 3 N–H and O–H groups in total. The Kier molecular flexibility index (Phi) is 7.13. The number of quaternary nitrogens is 1. The van der Waals surface area contributed by atoms with Gasteiger partial charge in [-0.05, 0) is 56.7 Å². The van der Waals surface area contributed by atoms with Crippen molar-refractivity contribution in [3.05, 3.63) is 56.4 Å². The van der Waals surface area contributed by atoms with Crippen LogP contribution in [0.25, 0.3) is 10.9 Å². The quantitative estimate of drug-likeness (QED) is 0.448. The molecule has 1 aliphatic rings. The molecule has 0 bridgehead atoms. The SMILES string of the molecule is CCOC(=O)c1c(NC(=O)[C@H](C)[NH+](C)Cc2nc3ccccc3c(=O)[nH]2)sc2c1CC[C@@H](C)C2. The number of thiophene rings is 1. The van der Waals surface area contributed by atoms with Crippen LogP contribution in [-0.4, -0.2) is 41.5 Å². The predicted molar refractivity (Wildman–Crippen MR) is 133 cm³/mol. The highest BCUT2D eigenvalue weighted by Gasteiger charge is 2.31. The lowest BCUT2D eigenvalue weighted by Crippen LogP contribution is -3.12. The fourth-order valence-electron chi connectivity index (χ4n) is 4.34. The summed E-state index contributed by atoms with van der Waals surface area (Å²) < 4.78 is 5.30. The summed E-state index contributed by atoms with van der Waals surface area (Å²) in [4.78, 5) is 47.7. The van der Waals surface area contributed by atoms with Gasteiger partial charge in [-0.25, -0.2) is 9.78 Å². The normalized spacial score (nSPS) is 17.1. The van der Waals surface area contributed by atoms with Crippen molar-refractivity contribution in [1.82, 2.24) is 9.97 Å². The zero-order valence-electron chi connectivity index (χ0n) is 20.0. The van der Waals surface area contributed by atoms with E-state index in [1.54, 1.807) is 25.1 Å². The van der Waals surface area contributed by atoms with E-state index >= 15 is 0 Å². The number of likely N-dealkylation sites (N-methyl/N-ethyl adjacent to an activating group) is 1. The first kappa shape index (κ1) is 24.1. The number of H-pyrrole nitrogens is 1. The number of carbonyl (C=O) groups excluding carboxylic acids is 2. The van der Waals surface area contributed by atoms with Crippen LogP contribution >= 0.6 is 11.3 Å². The summed E-state index contributed by atoms with van der Waals surface area (Å²) in [5.41, 5.74) is 1.96. The Hall–Kier alpha value is -3.04. The van der Waals surface area contributed by atoms with Crippen molar-refractivity contribution in [2.45, 2.75) is 52.6 Å². The van der Waals surface area contributed by atoms with E-state index in [1.165, 1.54) is 11.3 Å². The number of anilines is 1. The molecule has 3 atom stereocenters. The number of benzene rings is 1. The van der Waals surface area contributed by atoms with Gasteiger partial charge in [0.25, 0.3) is 11.5 Å². The number of rotatable bonds is 7. The van der Waals surface area contributed by atoms with Gasteiger partial charge in [-0.3, -0.25) is 9.59 Å². The van der Waals surface area contributed by atoms with E-state index < -0.39 is 6.04 Å². The third-order valence-corrected chi connectivity index (χ3v) is 7.64. The van der Waals surface area contributed by atoms with Crippen LogP contribution in [0.4, 0.5) is 5.00 Å². The lowest BCUT2D eigenvalue weighted by atomic mass is 9.88. The third kappa shape index (κ3) is 4.90. The minimum atomic E-state index is -0.440. The zero-order chi connectivity index (χ0) is 24.4. The molecule has 8 nitrogen and oxygen atoms in total. The Bertz CT molecular complexity index is 1280. The number of amides is 1. The number of aromatic nitrogens is 2. The highest BCUT2D eigenvalue weighted by molar-refractivity contribution is 7.17. The van der Waals surface area contributed by atoms with Crippen molar-refractivity contribution in [2.75, 3.05) is 19.0 Å². The number of hydrogen-bond donors (Lipinski definition) is 3. The second-order valence-electron chi connectivity index (χ2n) is 9.04. The number of esters is 1. The molecule has 180 valence electrons. The van der Waals surface area contributed by atoms with Gasteiger partial charge in [-0.2, -0.15) is 0 Å². The summed E-state index contributed by atoms with van der Waals surface area (Å²) in [5.74, 6) is 0.499. The topological polar surface area (TPSA) is 106 Å². The predicted octanol–water partition coefficient (Wildman–Crippen LogP) is 2.33. The van der Waals surface area contributed by atoms with E-state index in [4.69, 9.17) is 4.74 Å². The van der Waals surface area contributed by atoms with Crippen LogP contribution in [0.2, 0.25) is 0 Å². The van der Waals surface area contributed by atoms with Gasteiger partial charge in [-0.15, -0.1) is 11.3 Å². The molecule has 3 aromatic rings. The van der Waals surface area contributed by atoms with Crippen molar-refractivity contribution in [2.24, 2.45) is 5.92 Å². The Morgan fingerprint density at radius 1 is 1.35 bits per heavy atom. The van der Waals surface area contributed by atoms with Gasteiger partial charge in [0.1, 0.15) is 11.5 Å². The molecule has 9 heteroatoms. The largest absolute Gasteiger partial charge is 0.462 e. The average Bonchev–Trinajstić information content (AvgIpc) is 3.15. The second kappa shape index (κ2) is 10.1. The molecule has 0 fully saturated rings. The number of hydrogen-bond acceptors (Lipinski definition) is 6. The van der Waals surface area contributed by atoms with Crippen LogP contribution < -0.4 is 15.8 Å². The number of nitrogens with one attached hydrogen (secondary N) is 3. The van der Waals surface area contributed by atoms with Gasteiger partial charge in [0, 0.05) is 4.88 Å².